The summed E-state index contributed by atoms with van der Waals surface area (Å²) in [6.45, 7) is 14.3. The van der Waals surface area contributed by atoms with Crippen LogP contribution in [0.15, 0.2) is 30.8 Å². The highest BCUT2D eigenvalue weighted by molar-refractivity contribution is 5.74. The van der Waals surface area contributed by atoms with Crippen LogP contribution < -0.4 is 4.90 Å². The van der Waals surface area contributed by atoms with Crippen LogP contribution in [0.1, 0.15) is 48.3 Å². The molecule has 0 radical (unpaired) electrons. The summed E-state index contributed by atoms with van der Waals surface area (Å²) in [5.74, 6) is -0.800. The number of anilines is 1. The van der Waals surface area contributed by atoms with Gasteiger partial charge in [0.05, 0.1) is 13.2 Å². The van der Waals surface area contributed by atoms with Crippen LogP contribution >= 0.6 is 0 Å². The maximum atomic E-state index is 11.5. The molecular weight excluding hydrogens is 376 g/mol. The lowest BCUT2D eigenvalue weighted by Crippen LogP contribution is -2.36. The van der Waals surface area contributed by atoms with E-state index < -0.39 is 5.97 Å². The molecule has 0 bridgehead atoms. The molecule has 5 nitrogen and oxygen atoms in total. The average molecular weight is 409 g/mol. The Morgan fingerprint density at radius 3 is 2.47 bits per heavy atom. The standard InChI is InChI=1S/C25H32N2O3/c1-17-14-25(3,4)15-22-24(17)21(18(2)27(22)16-23(28)29)13-19-5-7-20(8-6-19)26-9-11-30-12-10-26/h5-8H,1,9-16H2,2-4H3,(H,28,29). The number of ether oxygens (including phenoxy) is 1. The van der Waals surface area contributed by atoms with Gasteiger partial charge in [0.1, 0.15) is 6.54 Å². The van der Waals surface area contributed by atoms with Crippen LogP contribution in [0, 0.1) is 12.3 Å². The zero-order valence-corrected chi connectivity index (χ0v) is 18.3. The number of hydrogen-bond donors (Lipinski definition) is 1. The molecule has 2 heterocycles. The second-order valence-electron chi connectivity index (χ2n) is 9.43. The first kappa shape index (κ1) is 20.7. The zero-order chi connectivity index (χ0) is 21.5. The van der Waals surface area contributed by atoms with Crippen molar-refractivity contribution in [1.82, 2.24) is 4.57 Å². The normalized spacial score (nSPS) is 18.4. The fraction of sp³-hybridized carbons (Fsp3) is 0.480. The summed E-state index contributed by atoms with van der Waals surface area (Å²) >= 11 is 0. The molecule has 2 aliphatic rings. The van der Waals surface area contributed by atoms with Crippen LogP contribution in [-0.2, 0) is 28.9 Å². The van der Waals surface area contributed by atoms with Gasteiger partial charge in [0.2, 0.25) is 0 Å². The van der Waals surface area contributed by atoms with Gasteiger partial charge in [0, 0.05) is 35.7 Å². The summed E-state index contributed by atoms with van der Waals surface area (Å²) in [6.07, 6.45) is 2.62. The molecule has 1 aliphatic carbocycles. The molecule has 0 unspecified atom stereocenters. The molecule has 0 saturated carbocycles. The molecule has 1 fully saturated rings. The number of hydrogen-bond acceptors (Lipinski definition) is 3. The number of carboxylic acid groups (broad SMARTS) is 1. The van der Waals surface area contributed by atoms with Crippen LogP contribution in [-0.4, -0.2) is 41.9 Å². The lowest BCUT2D eigenvalue weighted by Gasteiger charge is -2.32. The monoisotopic (exact) mass is 408 g/mol. The topological polar surface area (TPSA) is 54.7 Å². The van der Waals surface area contributed by atoms with Gasteiger partial charge in [-0.15, -0.1) is 0 Å². The third kappa shape index (κ3) is 4.04. The molecule has 1 saturated heterocycles. The first-order valence-corrected chi connectivity index (χ1v) is 10.8. The van der Waals surface area contributed by atoms with E-state index in [4.69, 9.17) is 4.74 Å². The molecule has 1 aromatic carbocycles. The maximum Gasteiger partial charge on any atom is 0.323 e. The molecule has 1 aliphatic heterocycles. The molecule has 0 spiro atoms. The molecule has 4 rings (SSSR count). The smallest absolute Gasteiger partial charge is 0.323 e. The van der Waals surface area contributed by atoms with Crippen molar-refractivity contribution < 1.29 is 14.6 Å². The van der Waals surface area contributed by atoms with Gasteiger partial charge in [0.15, 0.2) is 0 Å². The van der Waals surface area contributed by atoms with Crippen LogP contribution in [0.4, 0.5) is 5.69 Å². The number of benzene rings is 1. The molecule has 0 amide bonds. The Balaban J connectivity index is 1.66. The number of allylic oxidation sites excluding steroid dienone is 1. The maximum absolute atomic E-state index is 11.5. The van der Waals surface area contributed by atoms with Gasteiger partial charge in [-0.1, -0.05) is 32.6 Å². The summed E-state index contributed by atoms with van der Waals surface area (Å²) in [4.78, 5) is 13.9. The molecule has 2 aromatic rings. The molecule has 160 valence electrons. The lowest BCUT2D eigenvalue weighted by atomic mass is 9.73. The third-order valence-electron chi connectivity index (χ3n) is 6.44. The number of carboxylic acids is 1. The highest BCUT2D eigenvalue weighted by Crippen LogP contribution is 2.44. The summed E-state index contributed by atoms with van der Waals surface area (Å²) in [5, 5.41) is 9.49. The van der Waals surface area contributed by atoms with Crippen molar-refractivity contribution in [2.24, 2.45) is 5.41 Å². The fourth-order valence-electron chi connectivity index (χ4n) is 5.05. The van der Waals surface area contributed by atoms with Crippen LogP contribution in [0.3, 0.4) is 0 Å². The summed E-state index contributed by atoms with van der Waals surface area (Å²) < 4.78 is 7.45. The number of morpholine rings is 1. The summed E-state index contributed by atoms with van der Waals surface area (Å²) in [6, 6.07) is 8.77. The van der Waals surface area contributed by atoms with Crippen molar-refractivity contribution in [3.63, 3.8) is 0 Å². The number of aliphatic carboxylic acids is 1. The van der Waals surface area contributed by atoms with E-state index in [1.165, 1.54) is 22.4 Å². The van der Waals surface area contributed by atoms with Crippen molar-refractivity contribution in [3.05, 3.63) is 58.9 Å². The molecule has 0 atom stereocenters. The van der Waals surface area contributed by atoms with Gasteiger partial charge in [-0.3, -0.25) is 4.79 Å². The van der Waals surface area contributed by atoms with Gasteiger partial charge in [-0.2, -0.15) is 0 Å². The Bertz CT molecular complexity index is 963. The Hall–Kier alpha value is -2.53. The van der Waals surface area contributed by atoms with Gasteiger partial charge in [-0.05, 0) is 60.4 Å². The Kier molecular flexibility index (Phi) is 5.49. The van der Waals surface area contributed by atoms with Crippen molar-refractivity contribution in [2.75, 3.05) is 31.2 Å². The predicted octanol–water partition coefficient (Wildman–Crippen LogP) is 4.29. The first-order chi connectivity index (χ1) is 14.2. The molecule has 1 N–H and O–H groups in total. The minimum atomic E-state index is -0.800. The van der Waals surface area contributed by atoms with Crippen molar-refractivity contribution in [1.29, 1.82) is 0 Å². The van der Waals surface area contributed by atoms with Crippen LogP contribution in [0.2, 0.25) is 0 Å². The highest BCUT2D eigenvalue weighted by atomic mass is 16.5. The van der Waals surface area contributed by atoms with E-state index in [1.54, 1.807) is 0 Å². The SMILES string of the molecule is C=C1CC(C)(C)Cc2c1c(Cc1ccc(N3CCOCC3)cc1)c(C)n2CC(=O)O. The largest absolute Gasteiger partial charge is 0.480 e. The zero-order valence-electron chi connectivity index (χ0n) is 18.3. The van der Waals surface area contributed by atoms with Gasteiger partial charge < -0.3 is 19.3 Å². The second kappa shape index (κ2) is 7.95. The quantitative estimate of drug-likeness (QED) is 0.802. The number of fused-ring (bicyclic) bond motifs is 1. The molecule has 30 heavy (non-hydrogen) atoms. The Morgan fingerprint density at radius 2 is 1.83 bits per heavy atom. The second-order valence-corrected chi connectivity index (χ2v) is 9.43. The summed E-state index contributed by atoms with van der Waals surface area (Å²) in [5.41, 5.74) is 8.32. The first-order valence-electron chi connectivity index (χ1n) is 10.8. The Morgan fingerprint density at radius 1 is 1.17 bits per heavy atom. The van der Waals surface area contributed by atoms with Crippen LogP contribution in [0.25, 0.3) is 5.57 Å². The Labute approximate surface area is 179 Å². The molecule has 1 aromatic heterocycles. The number of nitrogens with zero attached hydrogens (tertiary/aromatic N) is 2. The van der Waals surface area contributed by atoms with Gasteiger partial charge >= 0.3 is 5.97 Å². The molecule has 5 heteroatoms. The van der Waals surface area contributed by atoms with E-state index in [2.05, 4.69) is 56.5 Å². The van der Waals surface area contributed by atoms with Crippen LogP contribution in [0.5, 0.6) is 0 Å². The van der Waals surface area contributed by atoms with E-state index >= 15 is 0 Å². The highest BCUT2D eigenvalue weighted by Gasteiger charge is 2.34. The van der Waals surface area contributed by atoms with E-state index in [1.807, 2.05) is 4.57 Å². The van der Waals surface area contributed by atoms with E-state index in [0.29, 0.717) is 0 Å². The minimum Gasteiger partial charge on any atom is -0.480 e. The number of aromatic nitrogens is 1. The average Bonchev–Trinajstić information content (AvgIpc) is 2.93. The van der Waals surface area contributed by atoms with Crippen molar-refractivity contribution >= 4 is 17.2 Å². The fourth-order valence-corrected chi connectivity index (χ4v) is 5.05. The molecular formula is C25H32N2O3. The van der Waals surface area contributed by atoms with Crippen molar-refractivity contribution in [3.8, 4) is 0 Å². The minimum absolute atomic E-state index is 0.00744. The van der Waals surface area contributed by atoms with E-state index in [0.717, 1.165) is 62.5 Å². The number of rotatable bonds is 5. The van der Waals surface area contributed by atoms with E-state index in [-0.39, 0.29) is 12.0 Å². The number of carbonyl (C=O) groups is 1. The van der Waals surface area contributed by atoms with Gasteiger partial charge in [-0.25, -0.2) is 0 Å². The van der Waals surface area contributed by atoms with Crippen molar-refractivity contribution in [2.45, 2.75) is 46.6 Å². The van der Waals surface area contributed by atoms with Gasteiger partial charge in [0.25, 0.3) is 0 Å². The van der Waals surface area contributed by atoms with E-state index in [9.17, 15) is 9.90 Å². The lowest BCUT2D eigenvalue weighted by molar-refractivity contribution is -0.137. The predicted molar refractivity (Wildman–Crippen MR) is 120 cm³/mol. The summed E-state index contributed by atoms with van der Waals surface area (Å²) in [7, 11) is 0. The third-order valence-corrected chi connectivity index (χ3v) is 6.44.